The lowest BCUT2D eigenvalue weighted by Gasteiger charge is -2.25. The van der Waals surface area contributed by atoms with Crippen LogP contribution in [0.15, 0.2) is 95.6 Å². The third-order valence-corrected chi connectivity index (χ3v) is 4.45. The molecule has 0 radical (unpaired) electrons. The summed E-state index contributed by atoms with van der Waals surface area (Å²) in [6.45, 7) is 0. The Labute approximate surface area is 149 Å². The number of fused-ring (bicyclic) bond motifs is 1. The van der Waals surface area contributed by atoms with Crippen molar-refractivity contribution in [3.63, 3.8) is 0 Å². The molecule has 0 N–H and O–H groups in total. The first kappa shape index (κ1) is 14.9. The Balaban J connectivity index is 1.99. The first-order valence-electron chi connectivity index (χ1n) is 7.77. The fraction of sp³-hybridized carbons (Fsp3) is 0. The van der Waals surface area contributed by atoms with Gasteiger partial charge in [0.05, 0.1) is 5.69 Å². The molecule has 0 saturated heterocycles. The topological polar surface area (TPSA) is 16.1 Å². The predicted molar refractivity (Wildman–Crippen MR) is 104 cm³/mol. The zero-order valence-corrected chi connectivity index (χ0v) is 14.5. The highest BCUT2D eigenvalue weighted by Gasteiger charge is 2.15. The molecular formula is C21H15BrN2. The van der Waals surface area contributed by atoms with E-state index in [0.717, 1.165) is 21.7 Å². The van der Waals surface area contributed by atoms with Gasteiger partial charge in [-0.2, -0.15) is 0 Å². The van der Waals surface area contributed by atoms with Crippen LogP contribution in [0.4, 0.5) is 17.2 Å². The minimum atomic E-state index is 0.895. The van der Waals surface area contributed by atoms with Gasteiger partial charge in [-0.05, 0) is 41.8 Å². The summed E-state index contributed by atoms with van der Waals surface area (Å²) in [6.07, 6.45) is 1.82. The number of hydrogen-bond acceptors (Lipinski definition) is 2. The van der Waals surface area contributed by atoms with Crippen LogP contribution in [0.3, 0.4) is 0 Å². The molecule has 0 aliphatic rings. The molecule has 24 heavy (non-hydrogen) atoms. The second kappa shape index (κ2) is 6.46. The number of anilines is 3. The van der Waals surface area contributed by atoms with E-state index in [1.807, 2.05) is 36.5 Å². The summed E-state index contributed by atoms with van der Waals surface area (Å²) >= 11 is 3.58. The zero-order valence-electron chi connectivity index (χ0n) is 12.9. The van der Waals surface area contributed by atoms with Crippen LogP contribution in [0, 0.1) is 0 Å². The average Bonchev–Trinajstić information content (AvgIpc) is 2.63. The molecule has 3 heteroatoms. The molecule has 0 unspecified atom stereocenters. The molecule has 0 aliphatic heterocycles. The maximum Gasteiger partial charge on any atom is 0.137 e. The van der Waals surface area contributed by atoms with Gasteiger partial charge >= 0.3 is 0 Å². The number of nitrogens with zero attached hydrogens (tertiary/aromatic N) is 2. The van der Waals surface area contributed by atoms with Crippen molar-refractivity contribution in [1.29, 1.82) is 0 Å². The van der Waals surface area contributed by atoms with Gasteiger partial charge < -0.3 is 0 Å². The molecule has 0 aliphatic carbocycles. The van der Waals surface area contributed by atoms with Crippen LogP contribution in [0.25, 0.3) is 10.8 Å². The molecule has 0 atom stereocenters. The van der Waals surface area contributed by atoms with Crippen LogP contribution in [0.1, 0.15) is 0 Å². The van der Waals surface area contributed by atoms with E-state index in [1.165, 1.54) is 10.8 Å². The van der Waals surface area contributed by atoms with Gasteiger partial charge in [-0.25, -0.2) is 4.98 Å². The molecule has 0 saturated carbocycles. The van der Waals surface area contributed by atoms with Crippen LogP contribution in [0.5, 0.6) is 0 Å². The summed E-state index contributed by atoms with van der Waals surface area (Å²) in [4.78, 5) is 6.77. The van der Waals surface area contributed by atoms with Gasteiger partial charge in [-0.1, -0.05) is 64.5 Å². The van der Waals surface area contributed by atoms with Crippen LogP contribution < -0.4 is 4.90 Å². The molecule has 0 spiro atoms. The average molecular weight is 375 g/mol. The molecule has 1 heterocycles. The predicted octanol–water partition coefficient (Wildman–Crippen LogP) is 6.47. The third kappa shape index (κ3) is 2.79. The molecular weight excluding hydrogens is 360 g/mol. The molecule has 116 valence electrons. The largest absolute Gasteiger partial charge is 0.294 e. The molecule has 3 aromatic carbocycles. The van der Waals surface area contributed by atoms with E-state index in [4.69, 9.17) is 0 Å². The van der Waals surface area contributed by atoms with Gasteiger partial charge in [0.15, 0.2) is 0 Å². The minimum absolute atomic E-state index is 0.895. The summed E-state index contributed by atoms with van der Waals surface area (Å²) in [6, 6.07) is 29.0. The third-order valence-electron chi connectivity index (χ3n) is 3.95. The van der Waals surface area contributed by atoms with Crippen molar-refractivity contribution in [2.45, 2.75) is 0 Å². The van der Waals surface area contributed by atoms with Crippen molar-refractivity contribution in [3.8, 4) is 0 Å². The number of rotatable bonds is 3. The second-order valence-electron chi connectivity index (χ2n) is 5.50. The summed E-state index contributed by atoms with van der Waals surface area (Å²) in [5.74, 6) is 0.895. The molecule has 0 amide bonds. The van der Waals surface area contributed by atoms with E-state index >= 15 is 0 Å². The molecule has 0 fully saturated rings. The lowest BCUT2D eigenvalue weighted by molar-refractivity contribution is 1.19. The number of aromatic nitrogens is 1. The normalized spacial score (nSPS) is 10.7. The molecule has 4 aromatic rings. The standard InChI is InChI=1S/C21H15BrN2/c22-17-9-6-10-18(15-17)24(21-13-3-4-14-23-21)20-12-5-8-16-7-1-2-11-19(16)20/h1-15H. The summed E-state index contributed by atoms with van der Waals surface area (Å²) < 4.78 is 1.04. The van der Waals surface area contributed by atoms with Crippen molar-refractivity contribution in [2.24, 2.45) is 0 Å². The number of hydrogen-bond donors (Lipinski definition) is 0. The fourth-order valence-electron chi connectivity index (χ4n) is 2.90. The van der Waals surface area contributed by atoms with E-state index in [-0.39, 0.29) is 0 Å². The van der Waals surface area contributed by atoms with E-state index in [0.29, 0.717) is 0 Å². The lowest BCUT2D eigenvalue weighted by Crippen LogP contribution is -2.11. The number of pyridine rings is 1. The van der Waals surface area contributed by atoms with Crippen LogP contribution in [0.2, 0.25) is 0 Å². The second-order valence-corrected chi connectivity index (χ2v) is 6.42. The van der Waals surface area contributed by atoms with E-state index in [1.54, 1.807) is 0 Å². The van der Waals surface area contributed by atoms with Gasteiger partial charge in [0.1, 0.15) is 5.82 Å². The van der Waals surface area contributed by atoms with Crippen molar-refractivity contribution in [1.82, 2.24) is 4.98 Å². The van der Waals surface area contributed by atoms with E-state index < -0.39 is 0 Å². The van der Waals surface area contributed by atoms with Crippen LogP contribution >= 0.6 is 15.9 Å². The monoisotopic (exact) mass is 374 g/mol. The summed E-state index contributed by atoms with van der Waals surface area (Å²) in [5.41, 5.74) is 2.18. The smallest absolute Gasteiger partial charge is 0.137 e. The first-order valence-corrected chi connectivity index (χ1v) is 8.57. The number of halogens is 1. The molecule has 4 rings (SSSR count). The Morgan fingerprint density at radius 3 is 2.38 bits per heavy atom. The Hall–Kier alpha value is -2.65. The summed E-state index contributed by atoms with van der Waals surface area (Å²) in [7, 11) is 0. The molecule has 2 nitrogen and oxygen atoms in total. The van der Waals surface area contributed by atoms with Gasteiger partial charge in [-0.3, -0.25) is 4.90 Å². The molecule has 0 bridgehead atoms. The van der Waals surface area contributed by atoms with E-state index in [9.17, 15) is 0 Å². The quantitative estimate of drug-likeness (QED) is 0.408. The van der Waals surface area contributed by atoms with Gasteiger partial charge in [0, 0.05) is 21.7 Å². The number of benzene rings is 3. The zero-order chi connectivity index (χ0) is 16.4. The van der Waals surface area contributed by atoms with E-state index in [2.05, 4.69) is 80.4 Å². The van der Waals surface area contributed by atoms with Crippen LogP contribution in [-0.2, 0) is 0 Å². The van der Waals surface area contributed by atoms with Gasteiger partial charge in [0.25, 0.3) is 0 Å². The highest BCUT2D eigenvalue weighted by Crippen LogP contribution is 2.38. The lowest BCUT2D eigenvalue weighted by atomic mass is 10.1. The maximum atomic E-state index is 4.58. The fourth-order valence-corrected chi connectivity index (χ4v) is 3.29. The van der Waals surface area contributed by atoms with Crippen LogP contribution in [-0.4, -0.2) is 4.98 Å². The highest BCUT2D eigenvalue weighted by atomic mass is 79.9. The SMILES string of the molecule is Brc1cccc(N(c2ccccn2)c2cccc3ccccc23)c1. The summed E-state index contributed by atoms with van der Waals surface area (Å²) in [5, 5.41) is 2.41. The minimum Gasteiger partial charge on any atom is -0.294 e. The molecule has 1 aromatic heterocycles. The van der Waals surface area contributed by atoms with Gasteiger partial charge in [0.2, 0.25) is 0 Å². The Bertz CT molecular complexity index is 978. The Morgan fingerprint density at radius 1 is 0.750 bits per heavy atom. The van der Waals surface area contributed by atoms with Crippen molar-refractivity contribution < 1.29 is 0 Å². The Morgan fingerprint density at radius 2 is 1.54 bits per heavy atom. The maximum absolute atomic E-state index is 4.58. The first-order chi connectivity index (χ1) is 11.8. The van der Waals surface area contributed by atoms with Crippen molar-refractivity contribution in [3.05, 3.63) is 95.6 Å². The van der Waals surface area contributed by atoms with Crippen molar-refractivity contribution >= 4 is 43.9 Å². The van der Waals surface area contributed by atoms with Crippen molar-refractivity contribution in [2.75, 3.05) is 4.90 Å². The highest BCUT2D eigenvalue weighted by molar-refractivity contribution is 9.10. The van der Waals surface area contributed by atoms with Gasteiger partial charge in [-0.15, -0.1) is 0 Å². The Kier molecular flexibility index (Phi) is 4.01.